The summed E-state index contributed by atoms with van der Waals surface area (Å²) in [7, 11) is 0. The summed E-state index contributed by atoms with van der Waals surface area (Å²) in [6, 6.07) is 2.38. The average Bonchev–Trinajstić information content (AvgIpc) is 2.28. The van der Waals surface area contributed by atoms with Crippen LogP contribution in [-0.2, 0) is 6.42 Å². The Bertz CT molecular complexity index is 385. The number of hydrogen-bond acceptors (Lipinski definition) is 0. The Labute approximate surface area is 90.4 Å². The zero-order valence-corrected chi connectivity index (χ0v) is 9.66. The van der Waals surface area contributed by atoms with E-state index in [0.717, 1.165) is 11.6 Å². The summed E-state index contributed by atoms with van der Waals surface area (Å²) < 4.78 is 26.4. The molecule has 1 aromatic rings. The van der Waals surface area contributed by atoms with Crippen LogP contribution in [0.2, 0.25) is 0 Å². The minimum absolute atomic E-state index is 0.0372. The summed E-state index contributed by atoms with van der Waals surface area (Å²) in [4.78, 5) is 0.0372. The molecule has 0 N–H and O–H groups in total. The van der Waals surface area contributed by atoms with E-state index in [0.29, 0.717) is 12.0 Å². The normalized spacial score (nSPS) is 23.6. The number of halogens is 3. The van der Waals surface area contributed by atoms with Crippen LogP contribution in [0, 0.1) is 17.0 Å². The van der Waals surface area contributed by atoms with Crippen molar-refractivity contribution in [2.75, 3.05) is 0 Å². The largest absolute Gasteiger partial charge is 0.207 e. The molecule has 1 atom stereocenters. The molecule has 0 saturated heterocycles. The monoisotopic (exact) mass is 260 g/mol. The van der Waals surface area contributed by atoms with Gasteiger partial charge in [0, 0.05) is 10.9 Å². The lowest BCUT2D eigenvalue weighted by atomic mass is 9.90. The number of rotatable bonds is 0. The van der Waals surface area contributed by atoms with Crippen LogP contribution in [-0.4, -0.2) is 0 Å². The first-order chi connectivity index (χ1) is 6.42. The second-order valence-electron chi connectivity index (χ2n) is 4.48. The summed E-state index contributed by atoms with van der Waals surface area (Å²) in [6.45, 7) is 4.09. The van der Waals surface area contributed by atoms with E-state index >= 15 is 0 Å². The number of benzene rings is 1. The van der Waals surface area contributed by atoms with Crippen LogP contribution < -0.4 is 0 Å². The molecule has 0 saturated carbocycles. The molecule has 0 fully saturated rings. The van der Waals surface area contributed by atoms with Gasteiger partial charge in [-0.05, 0) is 29.0 Å². The number of hydrogen-bond donors (Lipinski definition) is 0. The Kier molecular flexibility index (Phi) is 2.18. The SMILES string of the molecule is CC1(C)Cc2c(F)cc(F)cc2C1Br. The Morgan fingerprint density at radius 3 is 2.64 bits per heavy atom. The van der Waals surface area contributed by atoms with Gasteiger partial charge in [0.15, 0.2) is 0 Å². The lowest BCUT2D eigenvalue weighted by Crippen LogP contribution is -2.12. The van der Waals surface area contributed by atoms with Gasteiger partial charge in [-0.15, -0.1) is 0 Å². The molecule has 1 unspecified atom stereocenters. The molecule has 1 aliphatic rings. The maximum atomic E-state index is 13.4. The van der Waals surface area contributed by atoms with Crippen molar-refractivity contribution in [2.24, 2.45) is 5.41 Å². The summed E-state index contributed by atoms with van der Waals surface area (Å²) in [5, 5.41) is 0. The van der Waals surface area contributed by atoms with E-state index in [4.69, 9.17) is 0 Å². The predicted octanol–water partition coefficient (Wildman–Crippen LogP) is 3.98. The van der Waals surface area contributed by atoms with Gasteiger partial charge in [-0.25, -0.2) is 8.78 Å². The van der Waals surface area contributed by atoms with Crippen molar-refractivity contribution in [1.82, 2.24) is 0 Å². The summed E-state index contributed by atoms with van der Waals surface area (Å²) in [5.74, 6) is -0.918. The van der Waals surface area contributed by atoms with Crippen molar-refractivity contribution in [1.29, 1.82) is 0 Å². The van der Waals surface area contributed by atoms with E-state index in [2.05, 4.69) is 15.9 Å². The third kappa shape index (κ3) is 1.38. The molecule has 2 rings (SSSR count). The van der Waals surface area contributed by atoms with E-state index in [1.54, 1.807) is 0 Å². The highest BCUT2D eigenvalue weighted by atomic mass is 79.9. The highest BCUT2D eigenvalue weighted by Gasteiger charge is 2.39. The zero-order valence-electron chi connectivity index (χ0n) is 8.07. The summed E-state index contributed by atoms with van der Waals surface area (Å²) in [5.41, 5.74) is 1.36. The molecule has 0 radical (unpaired) electrons. The molecule has 0 aliphatic heterocycles. The smallest absolute Gasteiger partial charge is 0.129 e. The van der Waals surface area contributed by atoms with E-state index in [-0.39, 0.29) is 10.2 Å². The fourth-order valence-corrected chi connectivity index (χ4v) is 2.57. The molecule has 76 valence electrons. The molecular weight excluding hydrogens is 250 g/mol. The molecule has 14 heavy (non-hydrogen) atoms. The predicted molar refractivity (Wildman–Crippen MR) is 55.5 cm³/mol. The van der Waals surface area contributed by atoms with E-state index in [1.165, 1.54) is 6.07 Å². The molecule has 0 aromatic heterocycles. The van der Waals surface area contributed by atoms with Gasteiger partial charge in [0.25, 0.3) is 0 Å². The van der Waals surface area contributed by atoms with Crippen molar-refractivity contribution in [3.8, 4) is 0 Å². The van der Waals surface area contributed by atoms with Gasteiger partial charge >= 0.3 is 0 Å². The quantitative estimate of drug-likeness (QED) is 0.619. The van der Waals surface area contributed by atoms with Crippen LogP contribution in [0.3, 0.4) is 0 Å². The van der Waals surface area contributed by atoms with Crippen LogP contribution >= 0.6 is 15.9 Å². The fourth-order valence-electron chi connectivity index (χ4n) is 2.00. The van der Waals surface area contributed by atoms with Gasteiger partial charge in [0.05, 0.1) is 0 Å². The second-order valence-corrected chi connectivity index (χ2v) is 5.40. The molecule has 3 heteroatoms. The maximum absolute atomic E-state index is 13.4. The van der Waals surface area contributed by atoms with E-state index in [9.17, 15) is 8.78 Å². The van der Waals surface area contributed by atoms with Crippen molar-refractivity contribution in [2.45, 2.75) is 25.1 Å². The Morgan fingerprint density at radius 1 is 1.36 bits per heavy atom. The summed E-state index contributed by atoms with van der Waals surface area (Å²) in [6.07, 6.45) is 0.657. The van der Waals surface area contributed by atoms with Crippen LogP contribution in [0.15, 0.2) is 12.1 Å². The van der Waals surface area contributed by atoms with E-state index < -0.39 is 11.6 Å². The van der Waals surface area contributed by atoms with Crippen molar-refractivity contribution in [3.05, 3.63) is 34.9 Å². The van der Waals surface area contributed by atoms with E-state index in [1.807, 2.05) is 13.8 Å². The minimum Gasteiger partial charge on any atom is -0.207 e. The lowest BCUT2D eigenvalue weighted by Gasteiger charge is -2.21. The van der Waals surface area contributed by atoms with Crippen LogP contribution in [0.25, 0.3) is 0 Å². The molecule has 0 heterocycles. The van der Waals surface area contributed by atoms with Gasteiger partial charge in [-0.3, -0.25) is 0 Å². The number of fused-ring (bicyclic) bond motifs is 1. The Hall–Kier alpha value is -0.440. The molecule has 1 aliphatic carbocycles. The molecule has 0 spiro atoms. The third-order valence-electron chi connectivity index (χ3n) is 2.79. The molecular formula is C11H11BrF2. The zero-order chi connectivity index (χ0) is 10.5. The minimum atomic E-state index is -0.497. The average molecular weight is 261 g/mol. The fraction of sp³-hybridized carbons (Fsp3) is 0.455. The summed E-state index contributed by atoms with van der Waals surface area (Å²) >= 11 is 3.49. The first kappa shape index (κ1) is 10.1. The number of alkyl halides is 1. The first-order valence-corrected chi connectivity index (χ1v) is 5.45. The first-order valence-electron chi connectivity index (χ1n) is 4.54. The van der Waals surface area contributed by atoms with Gasteiger partial charge in [0.1, 0.15) is 11.6 Å². The van der Waals surface area contributed by atoms with Gasteiger partial charge in [0.2, 0.25) is 0 Å². The van der Waals surface area contributed by atoms with Crippen LogP contribution in [0.5, 0.6) is 0 Å². The van der Waals surface area contributed by atoms with Crippen molar-refractivity contribution in [3.63, 3.8) is 0 Å². The molecule has 0 bridgehead atoms. The molecule has 1 aromatic carbocycles. The molecule has 0 amide bonds. The van der Waals surface area contributed by atoms with Crippen molar-refractivity contribution < 1.29 is 8.78 Å². The highest BCUT2D eigenvalue weighted by molar-refractivity contribution is 9.09. The lowest BCUT2D eigenvalue weighted by molar-refractivity contribution is 0.386. The highest BCUT2D eigenvalue weighted by Crippen LogP contribution is 2.51. The second kappa shape index (κ2) is 3.02. The van der Waals surface area contributed by atoms with Crippen LogP contribution in [0.1, 0.15) is 29.8 Å². The van der Waals surface area contributed by atoms with Gasteiger partial charge in [-0.2, -0.15) is 0 Å². The van der Waals surface area contributed by atoms with Gasteiger partial charge in [-0.1, -0.05) is 29.8 Å². The van der Waals surface area contributed by atoms with Crippen LogP contribution in [0.4, 0.5) is 8.78 Å². The maximum Gasteiger partial charge on any atom is 0.129 e. The van der Waals surface area contributed by atoms with Gasteiger partial charge < -0.3 is 0 Å². The Balaban J connectivity index is 2.59. The standard InChI is InChI=1S/C11H11BrF2/c1-11(2)5-8-7(10(11)12)3-6(13)4-9(8)14/h3-4,10H,5H2,1-2H3. The Morgan fingerprint density at radius 2 is 2.00 bits per heavy atom. The van der Waals surface area contributed by atoms with Crippen molar-refractivity contribution >= 4 is 15.9 Å². The molecule has 0 nitrogen and oxygen atoms in total. The third-order valence-corrected chi connectivity index (χ3v) is 4.52. The topological polar surface area (TPSA) is 0 Å².